The van der Waals surface area contributed by atoms with E-state index < -0.39 is 0 Å². The fourth-order valence-corrected chi connectivity index (χ4v) is 4.07. The Hall–Kier alpha value is -3.09. The standard InChI is InChI=1S/C25H24ClN3O2S/c1-16-11-19-12-20(24(30)28-23(19)13-22(16)26)14-29(15-21-9-6-10-31-21)25(32)27-17(2)18-7-4-3-5-8-18/h3-13,17H,14-15H2,1-2H3,(H,27,32)(H,28,30). The number of rotatable bonds is 6. The predicted molar refractivity (Wildman–Crippen MR) is 133 cm³/mol. The molecule has 0 saturated carbocycles. The molecular weight excluding hydrogens is 442 g/mol. The largest absolute Gasteiger partial charge is 0.467 e. The highest BCUT2D eigenvalue weighted by Crippen LogP contribution is 2.22. The van der Waals surface area contributed by atoms with Crippen molar-refractivity contribution in [2.24, 2.45) is 0 Å². The number of aromatic amines is 1. The van der Waals surface area contributed by atoms with E-state index in [1.165, 1.54) is 0 Å². The molecule has 0 spiro atoms. The van der Waals surface area contributed by atoms with E-state index in [2.05, 4.69) is 29.4 Å². The van der Waals surface area contributed by atoms with Gasteiger partial charge in [-0.3, -0.25) is 4.79 Å². The molecule has 2 heterocycles. The molecule has 0 radical (unpaired) electrons. The number of furan rings is 1. The van der Waals surface area contributed by atoms with Crippen molar-refractivity contribution in [1.29, 1.82) is 0 Å². The first-order valence-electron chi connectivity index (χ1n) is 10.4. The van der Waals surface area contributed by atoms with Gasteiger partial charge in [-0.2, -0.15) is 0 Å². The summed E-state index contributed by atoms with van der Waals surface area (Å²) in [6.07, 6.45) is 1.63. The number of aromatic nitrogens is 1. The number of halogens is 1. The molecule has 2 aromatic heterocycles. The molecule has 0 saturated heterocycles. The van der Waals surface area contributed by atoms with Gasteiger partial charge in [-0.25, -0.2) is 0 Å². The van der Waals surface area contributed by atoms with Gasteiger partial charge in [0, 0.05) is 16.1 Å². The minimum absolute atomic E-state index is 0.0162. The molecule has 4 aromatic rings. The Morgan fingerprint density at radius 1 is 1.16 bits per heavy atom. The van der Waals surface area contributed by atoms with Crippen molar-refractivity contribution < 1.29 is 4.42 Å². The van der Waals surface area contributed by atoms with Gasteiger partial charge in [-0.15, -0.1) is 0 Å². The Kier molecular flexibility index (Phi) is 6.63. The van der Waals surface area contributed by atoms with Crippen molar-refractivity contribution in [3.05, 3.63) is 105 Å². The van der Waals surface area contributed by atoms with E-state index in [-0.39, 0.29) is 11.6 Å². The quantitative estimate of drug-likeness (QED) is 0.356. The van der Waals surface area contributed by atoms with Crippen LogP contribution >= 0.6 is 23.8 Å². The minimum Gasteiger partial charge on any atom is -0.467 e. The topological polar surface area (TPSA) is 61.3 Å². The molecule has 0 fully saturated rings. The van der Waals surface area contributed by atoms with E-state index in [0.717, 1.165) is 22.3 Å². The number of nitrogens with zero attached hydrogens (tertiary/aromatic N) is 1. The first-order valence-corrected chi connectivity index (χ1v) is 11.1. The van der Waals surface area contributed by atoms with Crippen LogP contribution in [0.3, 0.4) is 0 Å². The van der Waals surface area contributed by atoms with Crippen molar-refractivity contribution in [3.8, 4) is 0 Å². The first-order chi connectivity index (χ1) is 15.4. The van der Waals surface area contributed by atoms with Gasteiger partial charge < -0.3 is 19.6 Å². The van der Waals surface area contributed by atoms with Crippen molar-refractivity contribution in [2.75, 3.05) is 0 Å². The Morgan fingerprint density at radius 2 is 1.94 bits per heavy atom. The van der Waals surface area contributed by atoms with Crippen LogP contribution in [-0.2, 0) is 13.1 Å². The van der Waals surface area contributed by atoms with Crippen LogP contribution in [0.1, 0.15) is 35.4 Å². The van der Waals surface area contributed by atoms with Gasteiger partial charge in [0.1, 0.15) is 5.76 Å². The summed E-state index contributed by atoms with van der Waals surface area (Å²) < 4.78 is 5.54. The number of hydrogen-bond donors (Lipinski definition) is 2. The zero-order valence-electron chi connectivity index (χ0n) is 17.9. The summed E-state index contributed by atoms with van der Waals surface area (Å²) in [5, 5.41) is 5.49. The van der Waals surface area contributed by atoms with Gasteiger partial charge >= 0.3 is 0 Å². The number of H-pyrrole nitrogens is 1. The smallest absolute Gasteiger partial charge is 0.253 e. The fourth-order valence-electron chi connectivity index (χ4n) is 3.60. The monoisotopic (exact) mass is 465 g/mol. The number of fused-ring (bicyclic) bond motifs is 1. The second kappa shape index (κ2) is 9.59. The van der Waals surface area contributed by atoms with E-state index in [1.54, 1.807) is 12.3 Å². The van der Waals surface area contributed by atoms with Crippen molar-refractivity contribution in [2.45, 2.75) is 33.0 Å². The molecule has 4 rings (SSSR count). The van der Waals surface area contributed by atoms with Crippen LogP contribution < -0.4 is 10.9 Å². The molecule has 7 heteroatoms. The van der Waals surface area contributed by atoms with E-state index in [9.17, 15) is 4.79 Å². The Labute approximate surface area is 197 Å². The average Bonchev–Trinajstić information content (AvgIpc) is 3.29. The van der Waals surface area contributed by atoms with Crippen LogP contribution in [0.4, 0.5) is 0 Å². The summed E-state index contributed by atoms with van der Waals surface area (Å²) in [4.78, 5) is 17.7. The highest BCUT2D eigenvalue weighted by atomic mass is 35.5. The van der Waals surface area contributed by atoms with Crippen molar-refractivity contribution in [1.82, 2.24) is 15.2 Å². The maximum absolute atomic E-state index is 12.8. The van der Waals surface area contributed by atoms with Crippen molar-refractivity contribution in [3.63, 3.8) is 0 Å². The van der Waals surface area contributed by atoms with E-state index >= 15 is 0 Å². The number of benzene rings is 2. The van der Waals surface area contributed by atoms with Gasteiger partial charge in [0.25, 0.3) is 5.56 Å². The first kappa shape index (κ1) is 22.1. The zero-order chi connectivity index (χ0) is 22.7. The lowest BCUT2D eigenvalue weighted by Crippen LogP contribution is -2.41. The number of nitrogens with one attached hydrogen (secondary N) is 2. The summed E-state index contributed by atoms with van der Waals surface area (Å²) in [7, 11) is 0. The van der Waals surface area contributed by atoms with Crippen LogP contribution in [0.5, 0.6) is 0 Å². The number of aryl methyl sites for hydroxylation is 1. The lowest BCUT2D eigenvalue weighted by Gasteiger charge is -2.27. The summed E-state index contributed by atoms with van der Waals surface area (Å²) in [6, 6.07) is 19.5. The van der Waals surface area contributed by atoms with Gasteiger partial charge in [-0.1, -0.05) is 41.9 Å². The summed E-state index contributed by atoms with van der Waals surface area (Å²) >= 11 is 12.0. The van der Waals surface area contributed by atoms with Gasteiger partial charge in [-0.05, 0) is 72.9 Å². The third-order valence-electron chi connectivity index (χ3n) is 5.42. The summed E-state index contributed by atoms with van der Waals surface area (Å²) in [6.45, 7) is 4.78. The summed E-state index contributed by atoms with van der Waals surface area (Å²) in [5.41, 5.74) is 3.25. The normalized spacial score (nSPS) is 12.0. The van der Waals surface area contributed by atoms with E-state index in [0.29, 0.717) is 34.3 Å². The summed E-state index contributed by atoms with van der Waals surface area (Å²) in [5.74, 6) is 0.765. The second-order valence-corrected chi connectivity index (χ2v) is 8.62. The number of pyridine rings is 1. The van der Waals surface area contributed by atoms with Gasteiger partial charge in [0.05, 0.1) is 25.4 Å². The molecule has 164 valence electrons. The highest BCUT2D eigenvalue weighted by molar-refractivity contribution is 7.80. The van der Waals surface area contributed by atoms with E-state index in [4.69, 9.17) is 28.2 Å². The Balaban J connectivity index is 1.62. The average molecular weight is 466 g/mol. The molecule has 0 amide bonds. The maximum Gasteiger partial charge on any atom is 0.253 e. The Morgan fingerprint density at radius 3 is 2.66 bits per heavy atom. The van der Waals surface area contributed by atoms with Crippen LogP contribution in [0, 0.1) is 6.92 Å². The third-order valence-corrected chi connectivity index (χ3v) is 6.20. The molecule has 2 aromatic carbocycles. The predicted octanol–water partition coefficient (Wildman–Crippen LogP) is 5.72. The SMILES string of the molecule is Cc1cc2cc(CN(Cc3ccco3)C(=S)NC(C)c3ccccc3)c(=O)[nH]c2cc1Cl. The van der Waals surface area contributed by atoms with Crippen LogP contribution in [0.2, 0.25) is 5.02 Å². The fraction of sp³-hybridized carbons (Fsp3) is 0.200. The molecule has 1 atom stereocenters. The van der Waals surface area contributed by atoms with Crippen LogP contribution in [0.25, 0.3) is 10.9 Å². The Bertz CT molecular complexity index is 1290. The number of hydrogen-bond acceptors (Lipinski definition) is 3. The lowest BCUT2D eigenvalue weighted by molar-refractivity contribution is 0.347. The molecule has 0 aliphatic rings. The molecule has 2 N–H and O–H groups in total. The van der Waals surface area contributed by atoms with Crippen LogP contribution in [-0.4, -0.2) is 15.0 Å². The van der Waals surface area contributed by atoms with Gasteiger partial charge in [0.15, 0.2) is 5.11 Å². The molecule has 1 unspecified atom stereocenters. The number of thiocarbonyl (C=S) groups is 1. The maximum atomic E-state index is 12.8. The second-order valence-electron chi connectivity index (χ2n) is 7.83. The minimum atomic E-state index is -0.166. The highest BCUT2D eigenvalue weighted by Gasteiger charge is 2.17. The van der Waals surface area contributed by atoms with Crippen LogP contribution in [0.15, 0.2) is 76.1 Å². The molecule has 32 heavy (non-hydrogen) atoms. The molecular formula is C25H24ClN3O2S. The van der Waals surface area contributed by atoms with Crippen molar-refractivity contribution >= 4 is 39.8 Å². The van der Waals surface area contributed by atoms with Gasteiger partial charge in [0.2, 0.25) is 0 Å². The molecule has 5 nitrogen and oxygen atoms in total. The molecule has 0 bridgehead atoms. The lowest BCUT2D eigenvalue weighted by atomic mass is 10.1. The molecule has 0 aliphatic heterocycles. The third kappa shape index (κ3) is 5.03. The zero-order valence-corrected chi connectivity index (χ0v) is 19.5. The molecule has 0 aliphatic carbocycles. The van der Waals surface area contributed by atoms with E-state index in [1.807, 2.05) is 54.3 Å².